The maximum absolute atomic E-state index is 12.7. The number of benzene rings is 1. The summed E-state index contributed by atoms with van der Waals surface area (Å²) in [6.07, 6.45) is 3.83. The molecule has 7 nitrogen and oxygen atoms in total. The lowest BCUT2D eigenvalue weighted by atomic mass is 10.1. The summed E-state index contributed by atoms with van der Waals surface area (Å²) in [5.41, 5.74) is 3.01. The number of nitrogens with zero attached hydrogens (tertiary/aromatic N) is 3. The van der Waals surface area contributed by atoms with Crippen LogP contribution >= 0.6 is 27.3 Å². The van der Waals surface area contributed by atoms with Crippen LogP contribution in [0.1, 0.15) is 35.3 Å². The molecule has 0 bridgehead atoms. The minimum Gasteiger partial charge on any atom is -0.378 e. The van der Waals surface area contributed by atoms with Gasteiger partial charge in [-0.3, -0.25) is 9.59 Å². The molecule has 2 amide bonds. The molecule has 2 fully saturated rings. The quantitative estimate of drug-likeness (QED) is 0.690. The number of hydrogen-bond acceptors (Lipinski definition) is 6. The monoisotopic (exact) mass is 492 g/mol. The van der Waals surface area contributed by atoms with Crippen LogP contribution in [0.15, 0.2) is 27.5 Å². The van der Waals surface area contributed by atoms with Crippen LogP contribution < -0.4 is 10.2 Å². The van der Waals surface area contributed by atoms with Gasteiger partial charge >= 0.3 is 0 Å². The third kappa shape index (κ3) is 5.19. The summed E-state index contributed by atoms with van der Waals surface area (Å²) in [6.45, 7) is 4.38. The molecule has 1 N–H and O–H groups in total. The van der Waals surface area contributed by atoms with E-state index in [-0.39, 0.29) is 11.8 Å². The van der Waals surface area contributed by atoms with Crippen molar-refractivity contribution in [3.8, 4) is 0 Å². The van der Waals surface area contributed by atoms with Gasteiger partial charge in [-0.15, -0.1) is 11.3 Å². The van der Waals surface area contributed by atoms with Gasteiger partial charge in [0.25, 0.3) is 5.91 Å². The summed E-state index contributed by atoms with van der Waals surface area (Å²) < 4.78 is 6.01. The van der Waals surface area contributed by atoms with Gasteiger partial charge in [-0.1, -0.05) is 6.07 Å². The number of anilines is 2. The Bertz CT molecular complexity index is 907. The van der Waals surface area contributed by atoms with Gasteiger partial charge in [0.2, 0.25) is 5.91 Å². The van der Waals surface area contributed by atoms with Crippen molar-refractivity contribution < 1.29 is 14.3 Å². The lowest BCUT2D eigenvalue weighted by molar-refractivity contribution is -0.134. The molecule has 1 aromatic carbocycles. The van der Waals surface area contributed by atoms with E-state index in [4.69, 9.17) is 4.74 Å². The molecule has 9 heteroatoms. The second kappa shape index (κ2) is 9.89. The highest BCUT2D eigenvalue weighted by atomic mass is 79.9. The lowest BCUT2D eigenvalue weighted by Gasteiger charge is -2.31. The zero-order chi connectivity index (χ0) is 20.9. The maximum atomic E-state index is 12.7. The smallest absolute Gasteiger partial charge is 0.275 e. The standard InChI is InChI=1S/C21H25BrN4O3S/c22-21-24-17(14-30-21)20(28)23-16-12-15(13-19(27)26-8-10-29-11-9-26)4-5-18(16)25-6-2-1-3-7-25/h4-5,12,14H,1-3,6-11,13H2,(H,23,28). The highest BCUT2D eigenvalue weighted by Gasteiger charge is 2.21. The molecule has 2 aliphatic heterocycles. The maximum Gasteiger partial charge on any atom is 0.275 e. The Morgan fingerprint density at radius 1 is 1.13 bits per heavy atom. The second-order valence-corrected chi connectivity index (χ2v) is 9.64. The molecule has 0 spiro atoms. The summed E-state index contributed by atoms with van der Waals surface area (Å²) in [4.78, 5) is 33.8. The number of nitrogens with one attached hydrogen (secondary N) is 1. The molecular formula is C21H25BrN4O3S. The average Bonchev–Trinajstić information content (AvgIpc) is 3.22. The highest BCUT2D eigenvalue weighted by molar-refractivity contribution is 9.11. The Morgan fingerprint density at radius 2 is 1.90 bits per heavy atom. The van der Waals surface area contributed by atoms with Crippen LogP contribution in [-0.2, 0) is 16.0 Å². The summed E-state index contributed by atoms with van der Waals surface area (Å²) in [7, 11) is 0. The van der Waals surface area contributed by atoms with Crippen molar-refractivity contribution in [3.05, 3.63) is 38.8 Å². The zero-order valence-electron chi connectivity index (χ0n) is 16.7. The topological polar surface area (TPSA) is 74.8 Å². The van der Waals surface area contributed by atoms with Crippen LogP contribution in [0.25, 0.3) is 0 Å². The lowest BCUT2D eigenvalue weighted by Crippen LogP contribution is -2.41. The zero-order valence-corrected chi connectivity index (χ0v) is 19.1. The number of hydrogen-bond donors (Lipinski definition) is 1. The van der Waals surface area contributed by atoms with E-state index < -0.39 is 0 Å². The second-order valence-electron chi connectivity index (χ2n) is 7.51. The number of thiazole rings is 1. The normalized spacial score (nSPS) is 17.1. The van der Waals surface area contributed by atoms with Crippen LogP contribution in [-0.4, -0.2) is 61.1 Å². The Labute approximate surface area is 188 Å². The molecule has 2 saturated heterocycles. The molecule has 30 heavy (non-hydrogen) atoms. The molecule has 0 atom stereocenters. The third-order valence-electron chi connectivity index (χ3n) is 5.43. The van der Waals surface area contributed by atoms with Crippen molar-refractivity contribution in [1.29, 1.82) is 0 Å². The molecule has 0 radical (unpaired) electrons. The van der Waals surface area contributed by atoms with Gasteiger partial charge in [-0.2, -0.15) is 0 Å². The highest BCUT2D eigenvalue weighted by Crippen LogP contribution is 2.31. The number of amides is 2. The van der Waals surface area contributed by atoms with E-state index in [1.54, 1.807) is 5.38 Å². The number of halogens is 1. The Kier molecular flexibility index (Phi) is 7.01. The van der Waals surface area contributed by atoms with E-state index in [1.165, 1.54) is 17.8 Å². The molecule has 160 valence electrons. The van der Waals surface area contributed by atoms with Gasteiger partial charge in [0.15, 0.2) is 3.92 Å². The molecule has 0 saturated carbocycles. The number of aromatic nitrogens is 1. The van der Waals surface area contributed by atoms with Crippen molar-refractivity contribution in [1.82, 2.24) is 9.88 Å². The van der Waals surface area contributed by atoms with E-state index >= 15 is 0 Å². The molecule has 0 unspecified atom stereocenters. The number of morpholine rings is 1. The number of carbonyl (C=O) groups excluding carboxylic acids is 2. The number of carbonyl (C=O) groups is 2. The third-order valence-corrected chi connectivity index (χ3v) is 6.80. The summed E-state index contributed by atoms with van der Waals surface area (Å²) >= 11 is 4.68. The number of rotatable bonds is 5. The molecule has 4 rings (SSSR count). The Balaban J connectivity index is 1.55. The molecule has 0 aliphatic carbocycles. The van der Waals surface area contributed by atoms with Crippen LogP contribution in [0.3, 0.4) is 0 Å². The summed E-state index contributed by atoms with van der Waals surface area (Å²) in [5.74, 6) is -0.156. The SMILES string of the molecule is O=C(Nc1cc(CC(=O)N2CCOCC2)ccc1N1CCCCC1)c1csc(Br)n1. The van der Waals surface area contributed by atoms with Crippen LogP contribution in [0, 0.1) is 0 Å². The largest absolute Gasteiger partial charge is 0.378 e. The molecule has 2 aromatic rings. The minimum atomic E-state index is -0.244. The first-order chi connectivity index (χ1) is 14.6. The predicted molar refractivity (Wildman–Crippen MR) is 121 cm³/mol. The van der Waals surface area contributed by atoms with Crippen LogP contribution in [0.5, 0.6) is 0 Å². The van der Waals surface area contributed by atoms with Crippen molar-refractivity contribution in [3.63, 3.8) is 0 Å². The van der Waals surface area contributed by atoms with Crippen molar-refractivity contribution >= 4 is 50.5 Å². The van der Waals surface area contributed by atoms with E-state index in [2.05, 4.69) is 31.1 Å². The van der Waals surface area contributed by atoms with Crippen molar-refractivity contribution in [2.45, 2.75) is 25.7 Å². The van der Waals surface area contributed by atoms with Gasteiger partial charge in [0, 0.05) is 31.6 Å². The van der Waals surface area contributed by atoms with Crippen molar-refractivity contribution in [2.75, 3.05) is 49.6 Å². The number of piperidine rings is 1. The Hall–Kier alpha value is -1.97. The first-order valence-electron chi connectivity index (χ1n) is 10.3. The first-order valence-corrected chi connectivity index (χ1v) is 11.9. The Morgan fingerprint density at radius 3 is 2.60 bits per heavy atom. The fraction of sp³-hybridized carbons (Fsp3) is 0.476. The fourth-order valence-electron chi connectivity index (χ4n) is 3.85. The van der Waals surface area contributed by atoms with E-state index in [1.807, 2.05) is 23.1 Å². The van der Waals surface area contributed by atoms with Crippen LogP contribution in [0.4, 0.5) is 11.4 Å². The minimum absolute atomic E-state index is 0.0877. The van der Waals surface area contributed by atoms with Gasteiger partial charge in [-0.25, -0.2) is 4.98 Å². The summed E-state index contributed by atoms with van der Waals surface area (Å²) in [6, 6.07) is 5.96. The average molecular weight is 493 g/mol. The molecular weight excluding hydrogens is 468 g/mol. The van der Waals surface area contributed by atoms with E-state index in [0.717, 1.165) is 42.9 Å². The molecule has 3 heterocycles. The van der Waals surface area contributed by atoms with Gasteiger partial charge in [-0.05, 0) is 52.9 Å². The number of ether oxygens (including phenoxy) is 1. The van der Waals surface area contributed by atoms with Gasteiger partial charge in [0.05, 0.1) is 31.0 Å². The predicted octanol–water partition coefficient (Wildman–Crippen LogP) is 3.55. The molecule has 1 aromatic heterocycles. The first kappa shape index (κ1) is 21.3. The van der Waals surface area contributed by atoms with E-state index in [0.29, 0.717) is 42.3 Å². The van der Waals surface area contributed by atoms with Crippen LogP contribution in [0.2, 0.25) is 0 Å². The van der Waals surface area contributed by atoms with Gasteiger partial charge < -0.3 is 19.9 Å². The summed E-state index contributed by atoms with van der Waals surface area (Å²) in [5, 5.41) is 4.76. The molecule has 2 aliphatic rings. The van der Waals surface area contributed by atoms with Gasteiger partial charge in [0.1, 0.15) is 5.69 Å². The fourth-order valence-corrected chi connectivity index (χ4v) is 4.84. The van der Waals surface area contributed by atoms with E-state index in [9.17, 15) is 9.59 Å². The van der Waals surface area contributed by atoms with Crippen molar-refractivity contribution in [2.24, 2.45) is 0 Å².